The van der Waals surface area contributed by atoms with Gasteiger partial charge in [-0.3, -0.25) is 4.84 Å². The monoisotopic (exact) mass is 369 g/mol. The summed E-state index contributed by atoms with van der Waals surface area (Å²) in [7, 11) is 2.72. The number of alkyl halides is 3. The molecule has 1 heterocycles. The lowest BCUT2D eigenvalue weighted by atomic mass is 10.1. The second-order valence-electron chi connectivity index (χ2n) is 5.41. The van der Waals surface area contributed by atoms with Crippen molar-refractivity contribution < 1.29 is 27.5 Å². The standard InChI is InChI=1S/C17H18F3N3O3/c1-11-9-13(22-16(24)23(2)25-3)10-21-15(11)26-14(17(18,19)20)12-7-5-4-6-8-12/h4-10,14H,1-3H3,(H,22,24)/t14-/m0/s1. The predicted molar refractivity (Wildman–Crippen MR) is 88.6 cm³/mol. The van der Waals surface area contributed by atoms with Crippen LogP contribution in [0.4, 0.5) is 23.7 Å². The zero-order valence-electron chi connectivity index (χ0n) is 14.4. The fourth-order valence-electron chi connectivity index (χ4n) is 2.10. The van der Waals surface area contributed by atoms with Crippen LogP contribution < -0.4 is 10.1 Å². The normalized spacial score (nSPS) is 12.4. The zero-order chi connectivity index (χ0) is 19.3. The number of benzene rings is 1. The Labute approximate surface area is 148 Å². The van der Waals surface area contributed by atoms with E-state index in [1.807, 2.05) is 0 Å². The number of hydroxylamine groups is 2. The molecule has 0 bridgehead atoms. The number of carbonyl (C=O) groups excluding carboxylic acids is 1. The van der Waals surface area contributed by atoms with Gasteiger partial charge in [-0.05, 0) is 13.0 Å². The molecule has 0 saturated carbocycles. The molecule has 0 spiro atoms. The van der Waals surface area contributed by atoms with Crippen LogP contribution >= 0.6 is 0 Å². The molecule has 0 unspecified atom stereocenters. The molecule has 2 amide bonds. The minimum Gasteiger partial charge on any atom is -0.460 e. The van der Waals surface area contributed by atoms with Crippen molar-refractivity contribution in [3.05, 3.63) is 53.7 Å². The molecule has 2 aromatic rings. The van der Waals surface area contributed by atoms with Crippen LogP contribution in [0, 0.1) is 6.92 Å². The van der Waals surface area contributed by atoms with Gasteiger partial charge in [-0.25, -0.2) is 14.8 Å². The molecule has 9 heteroatoms. The van der Waals surface area contributed by atoms with Gasteiger partial charge >= 0.3 is 12.2 Å². The van der Waals surface area contributed by atoms with Crippen molar-refractivity contribution in [1.29, 1.82) is 0 Å². The van der Waals surface area contributed by atoms with Crippen LogP contribution in [-0.2, 0) is 4.84 Å². The zero-order valence-corrected chi connectivity index (χ0v) is 14.4. The van der Waals surface area contributed by atoms with E-state index in [-0.39, 0.29) is 11.4 Å². The summed E-state index contributed by atoms with van der Waals surface area (Å²) in [5, 5.41) is 3.45. The minimum atomic E-state index is -4.61. The predicted octanol–water partition coefficient (Wildman–Crippen LogP) is 4.10. The lowest BCUT2D eigenvalue weighted by Gasteiger charge is -2.22. The number of hydrogen-bond donors (Lipinski definition) is 1. The molecule has 0 aliphatic carbocycles. The number of urea groups is 1. The van der Waals surface area contributed by atoms with Gasteiger partial charge in [0.05, 0.1) is 19.0 Å². The van der Waals surface area contributed by atoms with Gasteiger partial charge in [-0.15, -0.1) is 0 Å². The first-order valence-corrected chi connectivity index (χ1v) is 7.56. The van der Waals surface area contributed by atoms with Crippen molar-refractivity contribution in [2.24, 2.45) is 0 Å². The van der Waals surface area contributed by atoms with Crippen LogP contribution in [0.1, 0.15) is 17.2 Å². The quantitative estimate of drug-likeness (QED) is 0.806. The summed E-state index contributed by atoms with van der Waals surface area (Å²) in [6.45, 7) is 1.54. The molecule has 140 valence electrons. The van der Waals surface area contributed by atoms with Crippen LogP contribution in [-0.4, -0.2) is 36.4 Å². The maximum Gasteiger partial charge on any atom is 0.429 e. The highest BCUT2D eigenvalue weighted by Gasteiger charge is 2.43. The first-order valence-electron chi connectivity index (χ1n) is 7.56. The lowest BCUT2D eigenvalue weighted by molar-refractivity contribution is -0.198. The van der Waals surface area contributed by atoms with Crippen molar-refractivity contribution in [2.75, 3.05) is 19.5 Å². The number of halogens is 3. The van der Waals surface area contributed by atoms with E-state index < -0.39 is 18.3 Å². The lowest BCUT2D eigenvalue weighted by Crippen LogP contribution is -2.30. The van der Waals surface area contributed by atoms with Crippen LogP contribution in [0.25, 0.3) is 0 Å². The number of nitrogens with zero attached hydrogens (tertiary/aromatic N) is 2. The molecule has 26 heavy (non-hydrogen) atoms. The number of rotatable bonds is 5. The molecule has 1 atom stereocenters. The molecular weight excluding hydrogens is 351 g/mol. The number of anilines is 1. The number of amides is 2. The summed E-state index contributed by atoms with van der Waals surface area (Å²) in [5.41, 5.74) is 0.611. The highest BCUT2D eigenvalue weighted by molar-refractivity contribution is 5.88. The van der Waals surface area contributed by atoms with Gasteiger partial charge in [0.1, 0.15) is 0 Å². The number of nitrogens with one attached hydrogen (secondary N) is 1. The Hall–Kier alpha value is -2.81. The smallest absolute Gasteiger partial charge is 0.429 e. The SMILES string of the molecule is CON(C)C(=O)Nc1cnc(O[C@@H](c2ccccc2)C(F)(F)F)c(C)c1. The van der Waals surface area contributed by atoms with E-state index in [1.54, 1.807) is 6.07 Å². The van der Waals surface area contributed by atoms with E-state index in [2.05, 4.69) is 10.3 Å². The van der Waals surface area contributed by atoms with Gasteiger partial charge in [0.25, 0.3) is 0 Å². The summed E-state index contributed by atoms with van der Waals surface area (Å²) >= 11 is 0. The van der Waals surface area contributed by atoms with Crippen molar-refractivity contribution in [2.45, 2.75) is 19.2 Å². The largest absolute Gasteiger partial charge is 0.460 e. The fraction of sp³-hybridized carbons (Fsp3) is 0.294. The Bertz CT molecular complexity index is 754. The van der Waals surface area contributed by atoms with Gasteiger partial charge in [-0.1, -0.05) is 30.3 Å². The number of ether oxygens (including phenoxy) is 1. The first kappa shape index (κ1) is 19.5. The highest BCUT2D eigenvalue weighted by atomic mass is 19.4. The molecule has 0 aliphatic rings. The number of aromatic nitrogens is 1. The van der Waals surface area contributed by atoms with E-state index in [0.717, 1.165) is 5.06 Å². The second-order valence-corrected chi connectivity index (χ2v) is 5.41. The topological polar surface area (TPSA) is 63.7 Å². The Morgan fingerprint density at radius 1 is 1.27 bits per heavy atom. The summed E-state index contributed by atoms with van der Waals surface area (Å²) < 4.78 is 45.3. The summed E-state index contributed by atoms with van der Waals surface area (Å²) in [5.74, 6) is -0.172. The second kappa shape index (κ2) is 8.05. The summed E-state index contributed by atoms with van der Waals surface area (Å²) in [6.07, 6.45) is -5.54. The van der Waals surface area contributed by atoms with E-state index in [0.29, 0.717) is 11.3 Å². The minimum absolute atomic E-state index is 0.0275. The van der Waals surface area contributed by atoms with Crippen LogP contribution in [0.15, 0.2) is 42.6 Å². The van der Waals surface area contributed by atoms with E-state index in [4.69, 9.17) is 9.57 Å². The average molecular weight is 369 g/mol. The maximum atomic E-state index is 13.4. The fourth-order valence-corrected chi connectivity index (χ4v) is 2.10. The average Bonchev–Trinajstić information content (AvgIpc) is 2.60. The highest BCUT2D eigenvalue weighted by Crippen LogP contribution is 2.37. The Morgan fingerprint density at radius 2 is 1.92 bits per heavy atom. The van der Waals surface area contributed by atoms with Crippen molar-refractivity contribution >= 4 is 11.7 Å². The van der Waals surface area contributed by atoms with Crippen molar-refractivity contribution in [3.63, 3.8) is 0 Å². The molecule has 0 fully saturated rings. The van der Waals surface area contributed by atoms with Crippen molar-refractivity contribution in [1.82, 2.24) is 10.0 Å². The van der Waals surface area contributed by atoms with Gasteiger partial charge in [0, 0.05) is 18.2 Å². The molecule has 1 aromatic carbocycles. The molecule has 0 saturated heterocycles. The third-order valence-electron chi connectivity index (χ3n) is 3.47. The Morgan fingerprint density at radius 3 is 2.46 bits per heavy atom. The molecule has 6 nitrogen and oxygen atoms in total. The van der Waals surface area contributed by atoms with E-state index in [1.165, 1.54) is 57.6 Å². The van der Waals surface area contributed by atoms with Crippen molar-refractivity contribution in [3.8, 4) is 5.88 Å². The van der Waals surface area contributed by atoms with E-state index >= 15 is 0 Å². The van der Waals surface area contributed by atoms with Crippen LogP contribution in [0.3, 0.4) is 0 Å². The van der Waals surface area contributed by atoms with Crippen LogP contribution in [0.5, 0.6) is 5.88 Å². The van der Waals surface area contributed by atoms with Gasteiger partial charge in [0.15, 0.2) is 0 Å². The first-order chi connectivity index (χ1) is 12.2. The molecule has 0 aliphatic heterocycles. The molecule has 1 aromatic heterocycles. The van der Waals surface area contributed by atoms with Gasteiger partial charge < -0.3 is 10.1 Å². The number of carbonyl (C=O) groups is 1. The summed E-state index contributed by atoms with van der Waals surface area (Å²) in [6, 6.07) is 8.20. The maximum absolute atomic E-state index is 13.4. The Balaban J connectivity index is 2.21. The van der Waals surface area contributed by atoms with Crippen LogP contribution in [0.2, 0.25) is 0 Å². The molecule has 1 N–H and O–H groups in total. The number of aryl methyl sites for hydroxylation is 1. The Kier molecular flexibility index (Phi) is 6.04. The molecule has 2 rings (SSSR count). The van der Waals surface area contributed by atoms with Gasteiger partial charge in [-0.2, -0.15) is 13.2 Å². The van der Waals surface area contributed by atoms with E-state index in [9.17, 15) is 18.0 Å². The summed E-state index contributed by atoms with van der Waals surface area (Å²) in [4.78, 5) is 20.3. The molecule has 0 radical (unpaired) electrons. The number of hydrogen-bond acceptors (Lipinski definition) is 4. The third-order valence-corrected chi connectivity index (χ3v) is 3.47. The number of pyridine rings is 1. The third kappa shape index (κ3) is 4.85. The molecular formula is C17H18F3N3O3. The van der Waals surface area contributed by atoms with Gasteiger partial charge in [0.2, 0.25) is 12.0 Å².